The Morgan fingerprint density at radius 1 is 1.10 bits per heavy atom. The molecule has 158 valence electrons. The first-order valence-electron chi connectivity index (χ1n) is 9.24. The fourth-order valence-electron chi connectivity index (χ4n) is 2.64. The van der Waals surface area contributed by atoms with Gasteiger partial charge in [-0.25, -0.2) is 8.42 Å². The molecule has 1 heterocycles. The third-order valence-electron chi connectivity index (χ3n) is 4.00. The lowest BCUT2D eigenvalue weighted by Gasteiger charge is -2.15. The molecule has 0 radical (unpaired) electrons. The zero-order chi connectivity index (χ0) is 21.9. The normalized spacial score (nSPS) is 11.4. The van der Waals surface area contributed by atoms with Gasteiger partial charge in [-0.2, -0.15) is 0 Å². The van der Waals surface area contributed by atoms with E-state index in [2.05, 4.69) is 15.5 Å². The summed E-state index contributed by atoms with van der Waals surface area (Å²) >= 11 is 0. The van der Waals surface area contributed by atoms with E-state index in [0.717, 1.165) is 11.9 Å². The van der Waals surface area contributed by atoms with Gasteiger partial charge in [0.05, 0.1) is 16.6 Å². The van der Waals surface area contributed by atoms with Crippen molar-refractivity contribution < 1.29 is 22.7 Å². The van der Waals surface area contributed by atoms with Crippen LogP contribution in [0, 0.1) is 6.92 Å². The van der Waals surface area contributed by atoms with Crippen molar-refractivity contribution in [3.63, 3.8) is 0 Å². The van der Waals surface area contributed by atoms with Crippen LogP contribution in [0.1, 0.15) is 29.9 Å². The summed E-state index contributed by atoms with van der Waals surface area (Å²) in [6, 6.07) is 12.7. The van der Waals surface area contributed by atoms with Crippen LogP contribution in [0.3, 0.4) is 0 Å². The number of aryl methyl sites for hydroxylation is 1. The van der Waals surface area contributed by atoms with E-state index in [0.29, 0.717) is 23.1 Å². The van der Waals surface area contributed by atoms with Gasteiger partial charge in [-0.05, 0) is 63.2 Å². The second kappa shape index (κ2) is 8.58. The minimum Gasteiger partial charge on any atom is -0.490 e. The number of hydrogen-bond donors (Lipinski definition) is 2. The predicted octanol–water partition coefficient (Wildman–Crippen LogP) is 3.95. The third kappa shape index (κ3) is 5.38. The van der Waals surface area contributed by atoms with Crippen LogP contribution in [0.15, 0.2) is 53.4 Å². The average Bonchev–Trinajstić information content (AvgIpc) is 3.07. The number of rotatable bonds is 7. The molecule has 3 aromatic rings. The van der Waals surface area contributed by atoms with Crippen LogP contribution in [0.25, 0.3) is 0 Å². The first kappa shape index (κ1) is 21.4. The minimum atomic E-state index is -3.47. The summed E-state index contributed by atoms with van der Waals surface area (Å²) in [6.45, 7) is 5.52. The van der Waals surface area contributed by atoms with Crippen LogP contribution in [0.5, 0.6) is 17.4 Å². The van der Waals surface area contributed by atoms with Gasteiger partial charge in [0.1, 0.15) is 11.5 Å². The average molecular weight is 429 g/mol. The van der Waals surface area contributed by atoms with Crippen molar-refractivity contribution >= 4 is 21.4 Å². The van der Waals surface area contributed by atoms with Crippen LogP contribution in [0.2, 0.25) is 0 Å². The van der Waals surface area contributed by atoms with Gasteiger partial charge in [0, 0.05) is 23.7 Å². The van der Waals surface area contributed by atoms with Gasteiger partial charge in [-0.1, -0.05) is 0 Å². The Hall–Kier alpha value is -3.33. The summed E-state index contributed by atoms with van der Waals surface area (Å²) in [5, 5.41) is 9.55. The van der Waals surface area contributed by atoms with E-state index in [4.69, 9.17) is 9.47 Å². The second-order valence-electron chi connectivity index (χ2n) is 7.07. The van der Waals surface area contributed by atoms with Crippen molar-refractivity contribution in [1.29, 1.82) is 0 Å². The Morgan fingerprint density at radius 2 is 1.80 bits per heavy atom. The molecule has 8 nitrogen and oxygen atoms in total. The molecular formula is C21H23N3O5S. The lowest BCUT2D eigenvalue weighted by atomic mass is 10.1. The first-order chi connectivity index (χ1) is 14.1. The van der Waals surface area contributed by atoms with Crippen molar-refractivity contribution in [3.8, 4) is 17.4 Å². The molecule has 2 N–H and O–H groups in total. The molecule has 1 amide bonds. The zero-order valence-corrected chi connectivity index (χ0v) is 17.9. The Kier molecular flexibility index (Phi) is 6.12. The van der Waals surface area contributed by atoms with Crippen molar-refractivity contribution in [2.75, 3.05) is 11.6 Å². The Bertz CT molecular complexity index is 1150. The molecule has 0 aliphatic heterocycles. The Balaban J connectivity index is 1.80. The number of carbonyl (C=O) groups is 1. The molecular weight excluding hydrogens is 406 g/mol. The molecule has 0 aliphatic rings. The quantitative estimate of drug-likeness (QED) is 0.588. The molecule has 0 aliphatic carbocycles. The van der Waals surface area contributed by atoms with E-state index in [9.17, 15) is 13.2 Å². The summed E-state index contributed by atoms with van der Waals surface area (Å²) in [5.74, 6) is 0.830. The van der Waals surface area contributed by atoms with E-state index in [1.54, 1.807) is 30.3 Å². The number of H-pyrrole nitrogens is 1. The number of hydrogen-bond acceptors (Lipinski definition) is 6. The van der Waals surface area contributed by atoms with Crippen LogP contribution in [-0.4, -0.2) is 36.9 Å². The third-order valence-corrected chi connectivity index (χ3v) is 5.11. The molecule has 0 saturated heterocycles. The highest BCUT2D eigenvalue weighted by molar-refractivity contribution is 7.90. The fraction of sp³-hybridized carbons (Fsp3) is 0.238. The Labute approximate surface area is 175 Å². The first-order valence-corrected chi connectivity index (χ1v) is 11.1. The van der Waals surface area contributed by atoms with Crippen LogP contribution >= 0.6 is 0 Å². The lowest BCUT2D eigenvalue weighted by molar-refractivity contribution is 0.102. The van der Waals surface area contributed by atoms with Gasteiger partial charge in [-0.3, -0.25) is 9.89 Å². The monoisotopic (exact) mass is 429 g/mol. The molecule has 3 rings (SSSR count). The topological polar surface area (TPSA) is 110 Å². The fourth-order valence-corrected chi connectivity index (χ4v) is 3.29. The molecule has 0 fully saturated rings. The minimum absolute atomic E-state index is 0.0433. The molecule has 0 spiro atoms. The van der Waals surface area contributed by atoms with E-state index >= 15 is 0 Å². The zero-order valence-electron chi connectivity index (χ0n) is 17.1. The molecule has 30 heavy (non-hydrogen) atoms. The molecule has 0 unspecified atom stereocenters. The number of sulfone groups is 1. The van der Waals surface area contributed by atoms with Crippen LogP contribution in [0.4, 0.5) is 5.69 Å². The number of carbonyl (C=O) groups excluding carboxylic acids is 1. The van der Waals surface area contributed by atoms with Crippen LogP contribution in [-0.2, 0) is 9.84 Å². The highest BCUT2D eigenvalue weighted by atomic mass is 32.2. The second-order valence-corrected chi connectivity index (χ2v) is 9.08. The molecule has 2 aromatic carbocycles. The van der Waals surface area contributed by atoms with E-state index in [1.807, 2.05) is 20.8 Å². The van der Waals surface area contributed by atoms with E-state index in [-0.39, 0.29) is 16.6 Å². The molecule has 9 heteroatoms. The number of anilines is 1. The SMILES string of the molecule is Cc1cc(Oc2ccc(NC(=O)c3cc(S(C)(=O)=O)ccc3OC(C)C)cc2)n[nH]1. The number of nitrogens with zero attached hydrogens (tertiary/aromatic N) is 1. The Morgan fingerprint density at radius 3 is 2.37 bits per heavy atom. The van der Waals surface area contributed by atoms with Crippen molar-refractivity contribution in [2.24, 2.45) is 0 Å². The standard InChI is InChI=1S/C21H23N3O5S/c1-13(2)28-19-10-9-17(30(4,26)27)12-18(19)21(25)22-15-5-7-16(8-6-15)29-20-11-14(3)23-24-20/h5-13H,1-4H3,(H,22,25)(H,23,24). The van der Waals surface area contributed by atoms with Crippen molar-refractivity contribution in [3.05, 3.63) is 59.8 Å². The summed E-state index contributed by atoms with van der Waals surface area (Å²) in [4.78, 5) is 12.9. The maximum absolute atomic E-state index is 12.8. The molecule has 1 aromatic heterocycles. The number of ether oxygens (including phenoxy) is 2. The number of nitrogens with one attached hydrogen (secondary N) is 2. The van der Waals surface area contributed by atoms with Crippen molar-refractivity contribution in [2.45, 2.75) is 31.8 Å². The van der Waals surface area contributed by atoms with E-state index in [1.165, 1.54) is 18.2 Å². The highest BCUT2D eigenvalue weighted by Gasteiger charge is 2.18. The van der Waals surface area contributed by atoms with Crippen LogP contribution < -0.4 is 14.8 Å². The summed E-state index contributed by atoms with van der Waals surface area (Å²) < 4.78 is 35.1. The van der Waals surface area contributed by atoms with Gasteiger partial charge in [-0.15, -0.1) is 5.10 Å². The van der Waals surface area contributed by atoms with Gasteiger partial charge < -0.3 is 14.8 Å². The maximum Gasteiger partial charge on any atom is 0.259 e. The molecule has 0 bridgehead atoms. The number of benzene rings is 2. The summed E-state index contributed by atoms with van der Waals surface area (Å²) in [5.41, 5.74) is 1.54. The largest absolute Gasteiger partial charge is 0.490 e. The number of amides is 1. The van der Waals surface area contributed by atoms with E-state index < -0.39 is 15.7 Å². The maximum atomic E-state index is 12.8. The highest BCUT2D eigenvalue weighted by Crippen LogP contribution is 2.26. The summed E-state index contributed by atoms with van der Waals surface area (Å²) in [6.07, 6.45) is 0.912. The molecule has 0 atom stereocenters. The molecule has 0 saturated carbocycles. The van der Waals surface area contributed by atoms with Gasteiger partial charge in [0.25, 0.3) is 5.91 Å². The predicted molar refractivity (Wildman–Crippen MR) is 113 cm³/mol. The van der Waals surface area contributed by atoms with Crippen molar-refractivity contribution in [1.82, 2.24) is 10.2 Å². The number of aromatic amines is 1. The number of aromatic nitrogens is 2. The summed E-state index contributed by atoms with van der Waals surface area (Å²) in [7, 11) is -3.47. The lowest BCUT2D eigenvalue weighted by Crippen LogP contribution is -2.16. The van der Waals surface area contributed by atoms with Gasteiger partial charge >= 0.3 is 0 Å². The van der Waals surface area contributed by atoms with Gasteiger partial charge in [0.2, 0.25) is 5.88 Å². The van der Waals surface area contributed by atoms with Gasteiger partial charge in [0.15, 0.2) is 9.84 Å². The smallest absolute Gasteiger partial charge is 0.259 e.